The molecule has 1 N–H and O–H groups in total. The molecule has 40 heavy (non-hydrogen) atoms. The summed E-state index contributed by atoms with van der Waals surface area (Å²) >= 11 is 3.51. The molecule has 0 saturated heterocycles. The summed E-state index contributed by atoms with van der Waals surface area (Å²) in [5, 5.41) is 11.8. The molecular weight excluding hydrogens is 561 g/mol. The maximum absolute atomic E-state index is 13.2. The lowest BCUT2D eigenvalue weighted by atomic mass is 10.0. The van der Waals surface area contributed by atoms with Crippen LogP contribution in [0.1, 0.15) is 45.7 Å². The maximum atomic E-state index is 13.2. The van der Waals surface area contributed by atoms with Gasteiger partial charge < -0.3 is 23.7 Å². The van der Waals surface area contributed by atoms with Crippen LogP contribution in [0.25, 0.3) is 0 Å². The van der Waals surface area contributed by atoms with E-state index in [0.29, 0.717) is 6.61 Å². The summed E-state index contributed by atoms with van der Waals surface area (Å²) in [5.41, 5.74) is 1.98. The summed E-state index contributed by atoms with van der Waals surface area (Å²) < 4.78 is 24.8. The van der Waals surface area contributed by atoms with Crippen molar-refractivity contribution in [2.24, 2.45) is 0 Å². The van der Waals surface area contributed by atoms with Gasteiger partial charge in [-0.15, -0.1) is 23.5 Å². The lowest BCUT2D eigenvalue weighted by molar-refractivity contribution is -0.175. The second-order valence-corrected chi connectivity index (χ2v) is 19.0. The van der Waals surface area contributed by atoms with E-state index >= 15 is 0 Å². The monoisotopic (exact) mass is 608 g/mol. The number of benzene rings is 2. The fraction of sp³-hybridized carbons (Fsp3) is 0.581. The molecular formula is C31H48O6S2Si. The predicted molar refractivity (Wildman–Crippen MR) is 170 cm³/mol. The molecule has 0 aliphatic heterocycles. The molecule has 0 saturated carbocycles. The van der Waals surface area contributed by atoms with Gasteiger partial charge in [-0.3, -0.25) is 0 Å². The van der Waals surface area contributed by atoms with Crippen LogP contribution in [0.5, 0.6) is 0 Å². The minimum absolute atomic E-state index is 0.0414. The van der Waals surface area contributed by atoms with Crippen LogP contribution < -0.4 is 0 Å². The molecule has 0 bridgehead atoms. The maximum Gasteiger partial charge on any atom is 0.336 e. The Morgan fingerprint density at radius 3 is 1.70 bits per heavy atom. The second kappa shape index (κ2) is 16.9. The summed E-state index contributed by atoms with van der Waals surface area (Å²) in [4.78, 5) is 13.2. The Bertz CT molecular complexity index is 980. The molecule has 0 fully saturated rings. The van der Waals surface area contributed by atoms with Crippen LogP contribution in [-0.2, 0) is 36.6 Å². The van der Waals surface area contributed by atoms with Crippen molar-refractivity contribution in [2.45, 2.75) is 95.0 Å². The Morgan fingerprint density at radius 2 is 1.30 bits per heavy atom. The zero-order valence-corrected chi connectivity index (χ0v) is 27.9. The molecule has 224 valence electrons. The van der Waals surface area contributed by atoms with Crippen molar-refractivity contribution in [3.05, 3.63) is 71.8 Å². The average molecular weight is 609 g/mol. The molecule has 9 heteroatoms. The number of carbonyl (C=O) groups excluding carboxylic acids is 1. The highest BCUT2D eigenvalue weighted by atomic mass is 32.2. The number of esters is 1. The van der Waals surface area contributed by atoms with Crippen LogP contribution in [0, 0.1) is 0 Å². The fourth-order valence-corrected chi connectivity index (χ4v) is 7.78. The standard InChI is InChI=1S/C31H48O6S2Si/c1-9-38-30(39-10-2)28(36-22-24-19-15-12-16-20-24)26(35-21-23-17-13-11-14-18-23)25(32)27(29(33)34-6)37-40(7,8)31(3,4)5/h11-20,25-28,30,32H,9-10,21-22H2,1-8H3/t25-,26+,27-,28-/m1/s1. The van der Waals surface area contributed by atoms with Crippen LogP contribution in [0.2, 0.25) is 18.1 Å². The Balaban J connectivity index is 2.54. The third-order valence-electron chi connectivity index (χ3n) is 7.13. The number of aliphatic hydroxyl groups is 1. The molecule has 0 spiro atoms. The number of aliphatic hydroxyl groups excluding tert-OH is 1. The quantitative estimate of drug-likeness (QED) is 0.118. The van der Waals surface area contributed by atoms with E-state index in [4.69, 9.17) is 18.6 Å². The second-order valence-electron chi connectivity index (χ2n) is 11.1. The highest BCUT2D eigenvalue weighted by Crippen LogP contribution is 2.39. The Hall–Kier alpha value is -1.33. The van der Waals surface area contributed by atoms with Crippen LogP contribution in [0.3, 0.4) is 0 Å². The topological polar surface area (TPSA) is 74.2 Å². The van der Waals surface area contributed by atoms with E-state index in [0.717, 1.165) is 22.6 Å². The van der Waals surface area contributed by atoms with Crippen molar-refractivity contribution in [2.75, 3.05) is 18.6 Å². The number of methoxy groups -OCH3 is 1. The molecule has 0 unspecified atom stereocenters. The number of rotatable bonds is 17. The average Bonchev–Trinajstić information content (AvgIpc) is 2.93. The molecule has 0 aliphatic carbocycles. The first kappa shape index (κ1) is 34.9. The molecule has 0 radical (unpaired) electrons. The van der Waals surface area contributed by atoms with Crippen molar-refractivity contribution < 1.29 is 28.5 Å². The lowest BCUT2D eigenvalue weighted by Crippen LogP contribution is -2.57. The molecule has 2 aromatic rings. The van der Waals surface area contributed by atoms with Gasteiger partial charge in [-0.1, -0.05) is 95.3 Å². The van der Waals surface area contributed by atoms with E-state index in [-0.39, 0.29) is 16.2 Å². The molecule has 0 aromatic heterocycles. The SMILES string of the molecule is CCSC(SCC)[C@H](OCc1ccccc1)[C@@H](OCc1ccccc1)[C@@H](O)[C@@H](O[Si](C)(C)C(C)(C)C)C(=O)OC. The zero-order chi connectivity index (χ0) is 29.8. The predicted octanol–water partition coefficient (Wildman–Crippen LogP) is 6.91. The minimum Gasteiger partial charge on any atom is -0.467 e. The summed E-state index contributed by atoms with van der Waals surface area (Å²) in [5.74, 6) is 1.12. The van der Waals surface area contributed by atoms with Gasteiger partial charge in [-0.2, -0.15) is 0 Å². The zero-order valence-electron chi connectivity index (χ0n) is 25.3. The van der Waals surface area contributed by atoms with Crippen LogP contribution in [0.4, 0.5) is 0 Å². The first-order valence-electron chi connectivity index (χ1n) is 13.9. The number of thioether (sulfide) groups is 2. The Morgan fingerprint density at radius 1 is 0.850 bits per heavy atom. The first-order chi connectivity index (χ1) is 18.9. The van der Waals surface area contributed by atoms with Crippen LogP contribution in [-0.4, -0.2) is 67.0 Å². The van der Waals surface area contributed by atoms with Gasteiger partial charge >= 0.3 is 5.97 Å². The lowest BCUT2D eigenvalue weighted by Gasteiger charge is -2.42. The van der Waals surface area contributed by atoms with Gasteiger partial charge in [-0.05, 0) is 40.8 Å². The number of hydrogen-bond acceptors (Lipinski definition) is 8. The van der Waals surface area contributed by atoms with E-state index < -0.39 is 38.7 Å². The van der Waals surface area contributed by atoms with Crippen molar-refractivity contribution >= 4 is 37.8 Å². The largest absolute Gasteiger partial charge is 0.467 e. The fourth-order valence-electron chi connectivity index (χ4n) is 3.86. The Kier molecular flexibility index (Phi) is 14.8. The molecule has 0 heterocycles. The molecule has 2 rings (SSSR count). The van der Waals surface area contributed by atoms with E-state index in [2.05, 4.69) is 47.7 Å². The van der Waals surface area contributed by atoms with E-state index in [1.807, 2.05) is 60.7 Å². The summed E-state index contributed by atoms with van der Waals surface area (Å²) in [6, 6.07) is 19.8. The smallest absolute Gasteiger partial charge is 0.336 e. The van der Waals surface area contributed by atoms with Gasteiger partial charge in [0, 0.05) is 0 Å². The van der Waals surface area contributed by atoms with Gasteiger partial charge in [-0.25, -0.2) is 4.79 Å². The van der Waals surface area contributed by atoms with Gasteiger partial charge in [0.2, 0.25) is 0 Å². The van der Waals surface area contributed by atoms with E-state index in [9.17, 15) is 9.90 Å². The summed E-state index contributed by atoms with van der Waals surface area (Å²) in [6.07, 6.45) is -3.93. The number of carbonyl (C=O) groups is 1. The van der Waals surface area contributed by atoms with E-state index in [1.54, 1.807) is 23.5 Å². The first-order valence-corrected chi connectivity index (χ1v) is 18.9. The molecule has 4 atom stereocenters. The van der Waals surface area contributed by atoms with Crippen molar-refractivity contribution in [1.82, 2.24) is 0 Å². The van der Waals surface area contributed by atoms with Gasteiger partial charge in [0.15, 0.2) is 14.4 Å². The van der Waals surface area contributed by atoms with Crippen molar-refractivity contribution in [3.63, 3.8) is 0 Å². The van der Waals surface area contributed by atoms with Gasteiger partial charge in [0.05, 0.1) is 24.9 Å². The van der Waals surface area contributed by atoms with Crippen molar-refractivity contribution in [3.8, 4) is 0 Å². The molecule has 2 aromatic carbocycles. The molecule has 0 amide bonds. The van der Waals surface area contributed by atoms with Crippen LogP contribution in [0.15, 0.2) is 60.7 Å². The number of hydrogen-bond donors (Lipinski definition) is 1. The van der Waals surface area contributed by atoms with Gasteiger partial charge in [0.1, 0.15) is 18.3 Å². The van der Waals surface area contributed by atoms with E-state index in [1.165, 1.54) is 7.11 Å². The normalized spacial score (nSPS) is 15.4. The highest BCUT2D eigenvalue weighted by Gasteiger charge is 2.48. The molecule has 6 nitrogen and oxygen atoms in total. The molecule has 0 aliphatic rings. The minimum atomic E-state index is -2.47. The van der Waals surface area contributed by atoms with Crippen molar-refractivity contribution in [1.29, 1.82) is 0 Å². The summed E-state index contributed by atoms with van der Waals surface area (Å²) in [6.45, 7) is 15.2. The third-order valence-corrected chi connectivity index (χ3v) is 14.3. The Labute approximate surface area is 251 Å². The van der Waals surface area contributed by atoms with Gasteiger partial charge in [0.25, 0.3) is 0 Å². The third kappa shape index (κ3) is 10.5. The highest BCUT2D eigenvalue weighted by molar-refractivity contribution is 8.17. The summed E-state index contributed by atoms with van der Waals surface area (Å²) in [7, 11) is -1.15. The number of ether oxygens (including phenoxy) is 3. The van der Waals surface area contributed by atoms with Crippen LogP contribution >= 0.6 is 23.5 Å².